The first-order chi connectivity index (χ1) is 14.6. The van der Waals surface area contributed by atoms with Crippen molar-refractivity contribution >= 4 is 17.2 Å². The van der Waals surface area contributed by atoms with Crippen molar-refractivity contribution in [2.24, 2.45) is 0 Å². The van der Waals surface area contributed by atoms with Crippen LogP contribution in [0.4, 0.5) is 0 Å². The lowest BCUT2D eigenvalue weighted by Crippen LogP contribution is -2.45. The van der Waals surface area contributed by atoms with Crippen LogP contribution in [0.3, 0.4) is 0 Å². The van der Waals surface area contributed by atoms with Crippen LogP contribution < -0.4 is 0 Å². The SMILES string of the molecule is COCC1CCCN1Cc1nc(C2(O)CCN(C(=O)Cc3ccccc3)CC2)cs1. The smallest absolute Gasteiger partial charge is 0.226 e. The standard InChI is InChI=1S/C23H31N3O3S/c1-29-16-19-8-5-11-26(19)15-21-24-20(17-30-21)23(28)9-12-25(13-10-23)22(27)14-18-6-3-2-4-7-18/h2-4,6-7,17,19,28H,5,8-16H2,1H3. The van der Waals surface area contributed by atoms with Crippen LogP contribution in [0.2, 0.25) is 0 Å². The van der Waals surface area contributed by atoms with Gasteiger partial charge in [-0.05, 0) is 37.8 Å². The van der Waals surface area contributed by atoms with E-state index in [2.05, 4.69) is 4.90 Å². The van der Waals surface area contributed by atoms with Gasteiger partial charge in [-0.25, -0.2) is 4.98 Å². The molecule has 1 N–H and O–H groups in total. The lowest BCUT2D eigenvalue weighted by molar-refractivity contribution is -0.135. The number of methoxy groups -OCH3 is 1. The van der Waals surface area contributed by atoms with Crippen molar-refractivity contribution in [1.82, 2.24) is 14.8 Å². The van der Waals surface area contributed by atoms with Gasteiger partial charge in [-0.15, -0.1) is 11.3 Å². The normalized spacial score (nSPS) is 21.8. The molecule has 2 aromatic rings. The summed E-state index contributed by atoms with van der Waals surface area (Å²) in [6.45, 7) is 3.78. The number of amides is 1. The highest BCUT2D eigenvalue weighted by atomic mass is 32.1. The summed E-state index contributed by atoms with van der Waals surface area (Å²) in [4.78, 5) is 21.7. The van der Waals surface area contributed by atoms with Gasteiger partial charge in [0.25, 0.3) is 0 Å². The van der Waals surface area contributed by atoms with Crippen molar-refractivity contribution in [3.05, 3.63) is 52.0 Å². The van der Waals surface area contributed by atoms with Crippen LogP contribution >= 0.6 is 11.3 Å². The summed E-state index contributed by atoms with van der Waals surface area (Å²) in [5, 5.41) is 14.3. The largest absolute Gasteiger partial charge is 0.383 e. The molecule has 1 aromatic heterocycles. The van der Waals surface area contributed by atoms with Crippen molar-refractivity contribution in [2.75, 3.05) is 33.4 Å². The van der Waals surface area contributed by atoms with Crippen LogP contribution in [0.15, 0.2) is 35.7 Å². The van der Waals surface area contributed by atoms with Gasteiger partial charge in [-0.3, -0.25) is 9.69 Å². The average molecular weight is 430 g/mol. The first-order valence-corrected chi connectivity index (χ1v) is 11.7. The predicted molar refractivity (Wildman–Crippen MR) is 117 cm³/mol. The molecule has 1 atom stereocenters. The van der Waals surface area contributed by atoms with Crippen LogP contribution in [0, 0.1) is 0 Å². The summed E-state index contributed by atoms with van der Waals surface area (Å²) in [7, 11) is 1.75. The number of rotatable bonds is 7. The summed E-state index contributed by atoms with van der Waals surface area (Å²) in [6, 6.07) is 10.3. The molecule has 30 heavy (non-hydrogen) atoms. The van der Waals surface area contributed by atoms with Crippen molar-refractivity contribution in [2.45, 2.75) is 50.3 Å². The molecule has 4 rings (SSSR count). The highest BCUT2D eigenvalue weighted by molar-refractivity contribution is 7.09. The van der Waals surface area contributed by atoms with E-state index in [1.165, 1.54) is 12.8 Å². The van der Waals surface area contributed by atoms with E-state index in [1.807, 2.05) is 40.6 Å². The van der Waals surface area contributed by atoms with Gasteiger partial charge in [0.2, 0.25) is 5.91 Å². The maximum atomic E-state index is 12.6. The Labute approximate surface area is 182 Å². The van der Waals surface area contributed by atoms with E-state index in [4.69, 9.17) is 9.72 Å². The van der Waals surface area contributed by atoms with Crippen LogP contribution in [-0.2, 0) is 28.1 Å². The number of carbonyl (C=O) groups excluding carboxylic acids is 1. The minimum absolute atomic E-state index is 0.125. The van der Waals surface area contributed by atoms with E-state index in [9.17, 15) is 9.90 Å². The second kappa shape index (κ2) is 9.56. The molecule has 2 aliphatic heterocycles. The minimum Gasteiger partial charge on any atom is -0.383 e. The van der Waals surface area contributed by atoms with Gasteiger partial charge in [0.05, 0.1) is 25.3 Å². The van der Waals surface area contributed by atoms with Crippen molar-refractivity contribution in [3.8, 4) is 0 Å². The summed E-state index contributed by atoms with van der Waals surface area (Å²) in [5.41, 5.74) is 0.858. The Morgan fingerprint density at radius 1 is 1.27 bits per heavy atom. The van der Waals surface area contributed by atoms with E-state index in [0.29, 0.717) is 38.4 Å². The van der Waals surface area contributed by atoms with E-state index in [1.54, 1.807) is 18.4 Å². The third-order valence-electron chi connectivity index (χ3n) is 6.37. The lowest BCUT2D eigenvalue weighted by Gasteiger charge is -2.37. The summed E-state index contributed by atoms with van der Waals surface area (Å²) in [6.07, 6.45) is 3.85. The van der Waals surface area contributed by atoms with Gasteiger partial charge in [0.15, 0.2) is 0 Å². The molecule has 2 fully saturated rings. The van der Waals surface area contributed by atoms with E-state index in [0.717, 1.165) is 36.0 Å². The minimum atomic E-state index is -0.935. The first-order valence-electron chi connectivity index (χ1n) is 10.8. The van der Waals surface area contributed by atoms with Crippen molar-refractivity contribution in [3.63, 3.8) is 0 Å². The topological polar surface area (TPSA) is 65.9 Å². The molecule has 3 heterocycles. The van der Waals surface area contributed by atoms with Crippen LogP contribution in [0.1, 0.15) is 41.9 Å². The molecule has 0 radical (unpaired) electrons. The van der Waals surface area contributed by atoms with Crippen LogP contribution in [0.25, 0.3) is 0 Å². The number of nitrogens with zero attached hydrogens (tertiary/aromatic N) is 3. The van der Waals surface area contributed by atoms with Crippen molar-refractivity contribution in [1.29, 1.82) is 0 Å². The van der Waals surface area contributed by atoms with Gasteiger partial charge in [0.1, 0.15) is 10.6 Å². The molecule has 7 heteroatoms. The lowest BCUT2D eigenvalue weighted by atomic mass is 9.88. The van der Waals surface area contributed by atoms with Gasteiger partial charge >= 0.3 is 0 Å². The summed E-state index contributed by atoms with van der Waals surface area (Å²) in [5.74, 6) is 0.125. The molecule has 2 saturated heterocycles. The Kier molecular flexibility index (Phi) is 6.83. The third kappa shape index (κ3) is 4.91. The molecule has 1 unspecified atom stereocenters. The maximum absolute atomic E-state index is 12.6. The Hall–Kier alpha value is -1.80. The molecular weight excluding hydrogens is 398 g/mol. The number of aliphatic hydroxyl groups is 1. The maximum Gasteiger partial charge on any atom is 0.226 e. The zero-order valence-electron chi connectivity index (χ0n) is 17.6. The summed E-state index contributed by atoms with van der Waals surface area (Å²) < 4.78 is 5.35. The van der Waals surface area contributed by atoms with E-state index < -0.39 is 5.60 Å². The number of hydrogen-bond acceptors (Lipinski definition) is 6. The number of carbonyl (C=O) groups is 1. The Morgan fingerprint density at radius 3 is 2.77 bits per heavy atom. The van der Waals surface area contributed by atoms with Gasteiger partial charge < -0.3 is 14.7 Å². The highest BCUT2D eigenvalue weighted by Crippen LogP contribution is 2.34. The van der Waals surface area contributed by atoms with Crippen LogP contribution in [-0.4, -0.2) is 65.2 Å². The number of benzene rings is 1. The first kappa shape index (κ1) is 21.4. The Balaban J connectivity index is 1.32. The molecule has 6 nitrogen and oxygen atoms in total. The molecule has 0 spiro atoms. The number of piperidine rings is 1. The number of likely N-dealkylation sites (tertiary alicyclic amines) is 2. The van der Waals surface area contributed by atoms with Gasteiger partial charge in [-0.1, -0.05) is 30.3 Å². The molecule has 0 saturated carbocycles. The fourth-order valence-electron chi connectivity index (χ4n) is 4.52. The fraction of sp³-hybridized carbons (Fsp3) is 0.565. The van der Waals surface area contributed by atoms with Gasteiger partial charge in [-0.2, -0.15) is 0 Å². The summed E-state index contributed by atoms with van der Waals surface area (Å²) >= 11 is 1.62. The molecule has 1 aromatic carbocycles. The monoisotopic (exact) mass is 429 g/mol. The molecule has 0 aliphatic carbocycles. The molecular formula is C23H31N3O3S. The number of aromatic nitrogens is 1. The Morgan fingerprint density at radius 2 is 2.03 bits per heavy atom. The molecule has 162 valence electrons. The van der Waals surface area contributed by atoms with Gasteiger partial charge in [0, 0.05) is 31.6 Å². The second-order valence-corrected chi connectivity index (χ2v) is 9.37. The van der Waals surface area contributed by atoms with Crippen LogP contribution in [0.5, 0.6) is 0 Å². The zero-order chi connectivity index (χ0) is 21.0. The predicted octanol–water partition coefficient (Wildman–Crippen LogP) is 2.81. The Bertz CT molecular complexity index is 833. The van der Waals surface area contributed by atoms with Crippen molar-refractivity contribution < 1.29 is 14.6 Å². The second-order valence-electron chi connectivity index (χ2n) is 8.42. The number of thiazole rings is 1. The third-order valence-corrected chi connectivity index (χ3v) is 7.20. The number of hydrogen-bond donors (Lipinski definition) is 1. The number of ether oxygens (including phenoxy) is 1. The molecule has 1 amide bonds. The zero-order valence-corrected chi connectivity index (χ0v) is 18.4. The molecule has 2 aliphatic rings. The highest BCUT2D eigenvalue weighted by Gasteiger charge is 2.37. The van der Waals surface area contributed by atoms with E-state index >= 15 is 0 Å². The average Bonchev–Trinajstić information content (AvgIpc) is 3.40. The quantitative estimate of drug-likeness (QED) is 0.733. The van der Waals surface area contributed by atoms with E-state index in [-0.39, 0.29) is 5.91 Å². The molecule has 0 bridgehead atoms. The fourth-order valence-corrected chi connectivity index (χ4v) is 5.43.